The van der Waals surface area contributed by atoms with Crippen LogP contribution < -0.4 is 10.1 Å². The lowest BCUT2D eigenvalue weighted by molar-refractivity contribution is 0.269. The van der Waals surface area contributed by atoms with Crippen molar-refractivity contribution in [1.82, 2.24) is 5.32 Å². The Labute approximate surface area is 96.8 Å². The van der Waals surface area contributed by atoms with E-state index >= 15 is 0 Å². The fourth-order valence-electron chi connectivity index (χ4n) is 1.59. The lowest BCUT2D eigenvalue weighted by Crippen LogP contribution is -2.20. The zero-order valence-electron chi connectivity index (χ0n) is 10.0. The summed E-state index contributed by atoms with van der Waals surface area (Å²) in [5.41, 5.74) is 1.09. The summed E-state index contributed by atoms with van der Waals surface area (Å²) in [6.45, 7) is 4.86. The average Bonchev–Trinajstić information content (AvgIpc) is 2.33. The van der Waals surface area contributed by atoms with Gasteiger partial charge in [-0.2, -0.15) is 0 Å². The maximum atomic E-state index is 12.1. The second kappa shape index (κ2) is 7.23. The third kappa shape index (κ3) is 3.81. The Morgan fingerprint density at radius 2 is 2.12 bits per heavy atom. The van der Waals surface area contributed by atoms with Crippen molar-refractivity contribution >= 4 is 0 Å². The number of nitrogens with one attached hydrogen (secondary N) is 1. The van der Waals surface area contributed by atoms with Crippen molar-refractivity contribution in [1.29, 1.82) is 0 Å². The van der Waals surface area contributed by atoms with Crippen molar-refractivity contribution in [2.45, 2.75) is 26.3 Å². The van der Waals surface area contributed by atoms with Crippen LogP contribution in [-0.2, 0) is 0 Å². The van der Waals surface area contributed by atoms with Gasteiger partial charge >= 0.3 is 0 Å². The van der Waals surface area contributed by atoms with E-state index in [4.69, 9.17) is 4.74 Å². The number of rotatable bonds is 7. The zero-order valence-corrected chi connectivity index (χ0v) is 10.0. The van der Waals surface area contributed by atoms with Crippen molar-refractivity contribution in [2.75, 3.05) is 19.8 Å². The van der Waals surface area contributed by atoms with Crippen molar-refractivity contribution in [3.8, 4) is 5.75 Å². The summed E-state index contributed by atoms with van der Waals surface area (Å²) in [5, 5.41) is 3.39. The van der Waals surface area contributed by atoms with E-state index in [1.165, 1.54) is 0 Å². The highest BCUT2D eigenvalue weighted by Crippen LogP contribution is 2.24. The van der Waals surface area contributed by atoms with Crippen LogP contribution >= 0.6 is 0 Å². The van der Waals surface area contributed by atoms with Crippen molar-refractivity contribution in [2.24, 2.45) is 0 Å². The average molecular weight is 225 g/mol. The van der Waals surface area contributed by atoms with Crippen LogP contribution in [0, 0.1) is 0 Å². The first-order chi connectivity index (χ1) is 7.79. The SMILES string of the molecule is CCCNC(C)c1ccccc1OCCF. The van der Waals surface area contributed by atoms with E-state index in [-0.39, 0.29) is 12.6 Å². The van der Waals surface area contributed by atoms with Crippen LogP contribution in [0.4, 0.5) is 4.39 Å². The van der Waals surface area contributed by atoms with E-state index in [9.17, 15) is 4.39 Å². The first-order valence-electron chi connectivity index (χ1n) is 5.80. The van der Waals surface area contributed by atoms with Gasteiger partial charge < -0.3 is 10.1 Å². The van der Waals surface area contributed by atoms with Crippen LogP contribution in [0.3, 0.4) is 0 Å². The molecule has 0 saturated carbocycles. The molecule has 90 valence electrons. The Balaban J connectivity index is 2.68. The molecule has 0 fully saturated rings. The summed E-state index contributed by atoms with van der Waals surface area (Å²) >= 11 is 0. The largest absolute Gasteiger partial charge is 0.491 e. The fourth-order valence-corrected chi connectivity index (χ4v) is 1.59. The second-order valence-electron chi connectivity index (χ2n) is 3.75. The Hall–Kier alpha value is -1.09. The van der Waals surface area contributed by atoms with Gasteiger partial charge in [-0.25, -0.2) is 4.39 Å². The van der Waals surface area contributed by atoms with Gasteiger partial charge in [0, 0.05) is 11.6 Å². The summed E-state index contributed by atoms with van der Waals surface area (Å²) in [6, 6.07) is 8.01. The van der Waals surface area contributed by atoms with E-state index < -0.39 is 6.67 Å². The molecule has 3 heteroatoms. The number of hydrogen-bond acceptors (Lipinski definition) is 2. The molecule has 0 aliphatic rings. The van der Waals surface area contributed by atoms with Crippen LogP contribution in [0.2, 0.25) is 0 Å². The molecule has 1 unspecified atom stereocenters. The van der Waals surface area contributed by atoms with E-state index in [1.807, 2.05) is 24.3 Å². The van der Waals surface area contributed by atoms with E-state index in [1.54, 1.807) is 0 Å². The van der Waals surface area contributed by atoms with E-state index in [2.05, 4.69) is 19.2 Å². The number of hydrogen-bond donors (Lipinski definition) is 1. The molecule has 0 bridgehead atoms. The Morgan fingerprint density at radius 1 is 1.38 bits per heavy atom. The molecule has 0 spiro atoms. The van der Waals surface area contributed by atoms with Crippen LogP contribution in [0.15, 0.2) is 24.3 Å². The second-order valence-corrected chi connectivity index (χ2v) is 3.75. The zero-order chi connectivity index (χ0) is 11.8. The number of halogens is 1. The summed E-state index contributed by atoms with van der Waals surface area (Å²) < 4.78 is 17.4. The van der Waals surface area contributed by atoms with Crippen molar-refractivity contribution in [3.63, 3.8) is 0 Å². The van der Waals surface area contributed by atoms with Gasteiger partial charge in [0.05, 0.1) is 0 Å². The summed E-state index contributed by atoms with van der Waals surface area (Å²) in [7, 11) is 0. The number of ether oxygens (including phenoxy) is 1. The van der Waals surface area contributed by atoms with Crippen molar-refractivity contribution in [3.05, 3.63) is 29.8 Å². The predicted octanol–water partition coefficient (Wildman–Crippen LogP) is 3.10. The van der Waals surface area contributed by atoms with Gasteiger partial charge in [-0.3, -0.25) is 0 Å². The molecule has 0 radical (unpaired) electrons. The molecule has 0 saturated heterocycles. The monoisotopic (exact) mass is 225 g/mol. The normalized spacial score (nSPS) is 12.4. The molecule has 0 amide bonds. The Bertz CT molecular complexity index is 304. The highest BCUT2D eigenvalue weighted by molar-refractivity contribution is 5.35. The fraction of sp³-hybridized carbons (Fsp3) is 0.538. The molecule has 2 nitrogen and oxygen atoms in total. The molecule has 1 aromatic rings. The maximum Gasteiger partial charge on any atom is 0.124 e. The van der Waals surface area contributed by atoms with E-state index in [0.717, 1.165) is 24.3 Å². The highest BCUT2D eigenvalue weighted by atomic mass is 19.1. The molecule has 0 heterocycles. The quantitative estimate of drug-likeness (QED) is 0.770. The minimum Gasteiger partial charge on any atom is -0.491 e. The molecule has 1 aromatic carbocycles. The van der Waals surface area contributed by atoms with Crippen LogP contribution in [0.25, 0.3) is 0 Å². The summed E-state index contributed by atoms with van der Waals surface area (Å²) in [6.07, 6.45) is 1.10. The van der Waals surface area contributed by atoms with Gasteiger partial charge in [0.15, 0.2) is 0 Å². The molecule has 1 N–H and O–H groups in total. The molecule has 1 atom stereocenters. The molecule has 1 rings (SSSR count). The van der Waals surface area contributed by atoms with Gasteiger partial charge in [0.25, 0.3) is 0 Å². The van der Waals surface area contributed by atoms with Gasteiger partial charge in [-0.1, -0.05) is 25.1 Å². The van der Waals surface area contributed by atoms with Gasteiger partial charge in [-0.15, -0.1) is 0 Å². The van der Waals surface area contributed by atoms with E-state index in [0.29, 0.717) is 0 Å². The molecular weight excluding hydrogens is 205 g/mol. The minimum absolute atomic E-state index is 0.123. The highest BCUT2D eigenvalue weighted by Gasteiger charge is 2.09. The summed E-state index contributed by atoms with van der Waals surface area (Å²) in [5.74, 6) is 0.774. The number of para-hydroxylation sites is 1. The maximum absolute atomic E-state index is 12.1. The van der Waals surface area contributed by atoms with Crippen LogP contribution in [0.5, 0.6) is 5.75 Å². The Kier molecular flexibility index (Phi) is 5.86. The van der Waals surface area contributed by atoms with Crippen LogP contribution in [-0.4, -0.2) is 19.8 Å². The Morgan fingerprint density at radius 3 is 2.81 bits per heavy atom. The third-order valence-electron chi connectivity index (χ3n) is 2.42. The smallest absolute Gasteiger partial charge is 0.124 e. The summed E-state index contributed by atoms with van der Waals surface area (Å²) in [4.78, 5) is 0. The topological polar surface area (TPSA) is 21.3 Å². The molecular formula is C13H20FNO. The molecule has 0 aliphatic carbocycles. The van der Waals surface area contributed by atoms with Gasteiger partial charge in [0.2, 0.25) is 0 Å². The first-order valence-corrected chi connectivity index (χ1v) is 5.80. The molecule has 16 heavy (non-hydrogen) atoms. The van der Waals surface area contributed by atoms with Gasteiger partial charge in [0.1, 0.15) is 19.0 Å². The lowest BCUT2D eigenvalue weighted by atomic mass is 10.1. The molecule has 0 aliphatic heterocycles. The van der Waals surface area contributed by atoms with Gasteiger partial charge in [-0.05, 0) is 26.0 Å². The predicted molar refractivity (Wildman–Crippen MR) is 64.6 cm³/mol. The van der Waals surface area contributed by atoms with Crippen molar-refractivity contribution < 1.29 is 9.13 Å². The standard InChI is InChI=1S/C13H20FNO/c1-3-9-15-11(2)12-6-4-5-7-13(12)16-10-8-14/h4-7,11,15H,3,8-10H2,1-2H3. The number of benzene rings is 1. The molecule has 0 aromatic heterocycles. The lowest BCUT2D eigenvalue weighted by Gasteiger charge is -2.17. The number of alkyl halides is 1. The first kappa shape index (κ1) is 13.0. The van der Waals surface area contributed by atoms with Crippen LogP contribution in [0.1, 0.15) is 31.9 Å². The third-order valence-corrected chi connectivity index (χ3v) is 2.42. The minimum atomic E-state index is -0.453.